The molecule has 0 spiro atoms. The Morgan fingerprint density at radius 3 is 2.42 bits per heavy atom. The van der Waals surface area contributed by atoms with Gasteiger partial charge < -0.3 is 15.1 Å². The molecule has 5 rings (SSSR count). The third kappa shape index (κ3) is 4.62. The molecule has 3 aromatic rings. The van der Waals surface area contributed by atoms with Crippen LogP contribution in [0.2, 0.25) is 0 Å². The van der Waals surface area contributed by atoms with E-state index in [1.807, 2.05) is 41.3 Å². The van der Waals surface area contributed by atoms with Crippen LogP contribution in [-0.4, -0.2) is 32.1 Å². The second-order valence-electron chi connectivity index (χ2n) is 8.80. The van der Waals surface area contributed by atoms with Gasteiger partial charge >= 0.3 is 0 Å². The van der Waals surface area contributed by atoms with Crippen LogP contribution in [0.4, 0.5) is 20.2 Å². The Balaban J connectivity index is 1.51. The van der Waals surface area contributed by atoms with Gasteiger partial charge in [0.2, 0.25) is 5.91 Å². The number of benzene rings is 3. The molecule has 0 saturated carbocycles. The molecule has 2 heterocycles. The smallest absolute Gasteiger partial charge is 0.227 e. The number of rotatable bonds is 5. The van der Waals surface area contributed by atoms with Crippen molar-refractivity contribution in [3.05, 3.63) is 95.1 Å². The molecular weight excluding hydrogens is 420 g/mol. The lowest BCUT2D eigenvalue weighted by atomic mass is 9.84. The van der Waals surface area contributed by atoms with Gasteiger partial charge in [0.1, 0.15) is 0 Å². The van der Waals surface area contributed by atoms with E-state index in [1.165, 1.54) is 6.07 Å². The van der Waals surface area contributed by atoms with Crippen LogP contribution in [0.1, 0.15) is 29.0 Å². The van der Waals surface area contributed by atoms with Gasteiger partial charge in [-0.2, -0.15) is 0 Å². The van der Waals surface area contributed by atoms with Gasteiger partial charge in [0.25, 0.3) is 0 Å². The number of carbonyl (C=O) groups excluding carboxylic acids is 1. The Bertz CT molecular complexity index is 1150. The molecule has 1 unspecified atom stereocenters. The zero-order valence-electron chi connectivity index (χ0n) is 18.4. The first-order chi connectivity index (χ1) is 16.1. The van der Waals surface area contributed by atoms with E-state index < -0.39 is 11.6 Å². The summed E-state index contributed by atoms with van der Waals surface area (Å²) in [6.45, 7) is 4.25. The van der Waals surface area contributed by atoms with Crippen molar-refractivity contribution in [1.82, 2.24) is 5.32 Å². The summed E-state index contributed by atoms with van der Waals surface area (Å²) in [5, 5.41) is 3.38. The van der Waals surface area contributed by atoms with Crippen LogP contribution < -0.4 is 15.1 Å². The molecule has 0 aliphatic carbocycles. The standard InChI is InChI=1S/C27H27F2N3O/c28-24-8-6-20(15-25(24)29)14-21-16-27(33)32(18-19-4-2-1-3-5-19)26-9-7-22(17-23(21)26)31-12-10-30-11-13-31/h1-9,15,17,21,30H,10-14,16,18H2. The van der Waals surface area contributed by atoms with Gasteiger partial charge in [0, 0.05) is 44.0 Å². The minimum atomic E-state index is -0.853. The molecule has 1 fully saturated rings. The Labute approximate surface area is 192 Å². The van der Waals surface area contributed by atoms with Crippen LogP contribution in [0.25, 0.3) is 0 Å². The number of fused-ring (bicyclic) bond motifs is 1. The lowest BCUT2D eigenvalue weighted by Gasteiger charge is -2.36. The fourth-order valence-corrected chi connectivity index (χ4v) is 4.87. The topological polar surface area (TPSA) is 35.6 Å². The van der Waals surface area contributed by atoms with Crippen LogP contribution in [0, 0.1) is 11.6 Å². The van der Waals surface area contributed by atoms with E-state index in [2.05, 4.69) is 22.3 Å². The average molecular weight is 448 g/mol. The van der Waals surface area contributed by atoms with Crippen molar-refractivity contribution in [3.8, 4) is 0 Å². The number of anilines is 2. The van der Waals surface area contributed by atoms with Crippen molar-refractivity contribution in [2.45, 2.75) is 25.3 Å². The van der Waals surface area contributed by atoms with Gasteiger partial charge in [0.15, 0.2) is 11.6 Å². The first kappa shape index (κ1) is 21.6. The monoisotopic (exact) mass is 447 g/mol. The molecule has 0 bridgehead atoms. The van der Waals surface area contributed by atoms with Gasteiger partial charge in [-0.15, -0.1) is 0 Å². The molecule has 1 amide bonds. The molecule has 1 N–H and O–H groups in total. The van der Waals surface area contributed by atoms with E-state index in [-0.39, 0.29) is 11.8 Å². The summed E-state index contributed by atoms with van der Waals surface area (Å²) in [4.78, 5) is 17.4. The highest BCUT2D eigenvalue weighted by Crippen LogP contribution is 2.41. The van der Waals surface area contributed by atoms with Crippen LogP contribution >= 0.6 is 0 Å². The van der Waals surface area contributed by atoms with Crippen molar-refractivity contribution >= 4 is 17.3 Å². The fraction of sp³-hybridized carbons (Fsp3) is 0.296. The Hall–Kier alpha value is -3.25. The molecule has 2 aliphatic rings. The number of hydrogen-bond acceptors (Lipinski definition) is 3. The SMILES string of the molecule is O=C1CC(Cc2ccc(F)c(F)c2)c2cc(N3CCNCC3)ccc2N1Cc1ccccc1. The van der Waals surface area contributed by atoms with E-state index in [0.717, 1.165) is 54.7 Å². The van der Waals surface area contributed by atoms with Gasteiger partial charge in [-0.05, 0) is 59.4 Å². The summed E-state index contributed by atoms with van der Waals surface area (Å²) in [5.41, 5.74) is 4.90. The molecule has 33 heavy (non-hydrogen) atoms. The largest absolute Gasteiger partial charge is 0.369 e. The second kappa shape index (κ2) is 9.32. The van der Waals surface area contributed by atoms with Gasteiger partial charge in [0.05, 0.1) is 6.54 Å². The number of amides is 1. The summed E-state index contributed by atoms with van der Waals surface area (Å²) >= 11 is 0. The molecule has 1 atom stereocenters. The second-order valence-corrected chi connectivity index (χ2v) is 8.80. The van der Waals surface area contributed by atoms with Crippen molar-refractivity contribution in [3.63, 3.8) is 0 Å². The highest BCUT2D eigenvalue weighted by Gasteiger charge is 2.32. The number of carbonyl (C=O) groups is 1. The Morgan fingerprint density at radius 1 is 0.879 bits per heavy atom. The van der Waals surface area contributed by atoms with Gasteiger partial charge in [-0.1, -0.05) is 36.4 Å². The number of hydrogen-bond donors (Lipinski definition) is 1. The number of halogens is 2. The van der Waals surface area contributed by atoms with Crippen LogP contribution in [-0.2, 0) is 17.8 Å². The summed E-state index contributed by atoms with van der Waals surface area (Å²) in [6.07, 6.45) is 0.823. The Morgan fingerprint density at radius 2 is 1.67 bits per heavy atom. The fourth-order valence-electron chi connectivity index (χ4n) is 4.87. The summed E-state index contributed by atoms with van der Waals surface area (Å²) in [7, 11) is 0. The highest BCUT2D eigenvalue weighted by molar-refractivity contribution is 5.97. The molecule has 170 valence electrons. The Kier molecular flexibility index (Phi) is 6.09. The maximum absolute atomic E-state index is 13.9. The van der Waals surface area contributed by atoms with Crippen LogP contribution in [0.15, 0.2) is 66.7 Å². The third-order valence-corrected chi connectivity index (χ3v) is 6.60. The molecule has 6 heteroatoms. The van der Waals surface area contributed by atoms with Gasteiger partial charge in [-0.3, -0.25) is 4.79 Å². The summed E-state index contributed by atoms with van der Waals surface area (Å²) in [5.74, 6) is -1.75. The average Bonchev–Trinajstić information content (AvgIpc) is 2.85. The highest BCUT2D eigenvalue weighted by atomic mass is 19.2. The number of nitrogens with zero attached hydrogens (tertiary/aromatic N) is 2. The lowest BCUT2D eigenvalue weighted by Crippen LogP contribution is -2.43. The molecule has 3 aromatic carbocycles. The van der Waals surface area contributed by atoms with E-state index in [4.69, 9.17) is 0 Å². The molecular formula is C27H27F2N3O. The van der Waals surface area contributed by atoms with E-state index in [9.17, 15) is 13.6 Å². The van der Waals surface area contributed by atoms with E-state index in [1.54, 1.807) is 6.07 Å². The normalized spacial score (nSPS) is 18.4. The number of piperazine rings is 1. The summed E-state index contributed by atoms with van der Waals surface area (Å²) < 4.78 is 27.3. The maximum Gasteiger partial charge on any atom is 0.227 e. The molecule has 1 saturated heterocycles. The third-order valence-electron chi connectivity index (χ3n) is 6.60. The predicted molar refractivity (Wildman–Crippen MR) is 127 cm³/mol. The zero-order valence-corrected chi connectivity index (χ0v) is 18.4. The zero-order chi connectivity index (χ0) is 22.8. The summed E-state index contributed by atoms with van der Waals surface area (Å²) in [6, 6.07) is 20.3. The van der Waals surface area contributed by atoms with Crippen molar-refractivity contribution in [2.24, 2.45) is 0 Å². The minimum absolute atomic E-state index is 0.0499. The van der Waals surface area contributed by atoms with E-state index in [0.29, 0.717) is 24.9 Å². The quantitative estimate of drug-likeness (QED) is 0.619. The molecule has 4 nitrogen and oxygen atoms in total. The maximum atomic E-state index is 13.9. The number of nitrogens with one attached hydrogen (secondary N) is 1. The van der Waals surface area contributed by atoms with Crippen LogP contribution in [0.5, 0.6) is 0 Å². The van der Waals surface area contributed by atoms with E-state index >= 15 is 0 Å². The predicted octanol–water partition coefficient (Wildman–Crippen LogP) is 4.64. The first-order valence-electron chi connectivity index (χ1n) is 11.5. The van der Waals surface area contributed by atoms with Gasteiger partial charge in [-0.25, -0.2) is 8.78 Å². The van der Waals surface area contributed by atoms with Crippen molar-refractivity contribution < 1.29 is 13.6 Å². The van der Waals surface area contributed by atoms with Crippen LogP contribution in [0.3, 0.4) is 0 Å². The van der Waals surface area contributed by atoms with Crippen molar-refractivity contribution in [1.29, 1.82) is 0 Å². The lowest BCUT2D eigenvalue weighted by molar-refractivity contribution is -0.119. The molecule has 0 aromatic heterocycles. The first-order valence-corrected chi connectivity index (χ1v) is 11.5. The van der Waals surface area contributed by atoms with Crippen molar-refractivity contribution in [2.75, 3.05) is 36.0 Å². The minimum Gasteiger partial charge on any atom is -0.369 e. The molecule has 2 aliphatic heterocycles. The molecule has 0 radical (unpaired) electrons.